The van der Waals surface area contributed by atoms with Crippen molar-refractivity contribution in [3.63, 3.8) is 0 Å². The SMILES string of the molecule is CCCOC(=O)/C(=C/NC1CCC1)C(=O)c1c(F)c(C)c(F)c(F)c1[N+](=O)[O-]. The first-order chi connectivity index (χ1) is 13.2. The second-order valence-electron chi connectivity index (χ2n) is 6.37. The lowest BCUT2D eigenvalue weighted by Gasteiger charge is -2.25. The molecule has 0 heterocycles. The molecule has 2 rings (SSSR count). The Bertz CT molecular complexity index is 850. The summed E-state index contributed by atoms with van der Waals surface area (Å²) in [6.07, 6.45) is 3.92. The van der Waals surface area contributed by atoms with Crippen LogP contribution in [0.3, 0.4) is 0 Å². The number of rotatable bonds is 8. The number of nitro benzene ring substituents is 1. The third kappa shape index (κ3) is 4.15. The van der Waals surface area contributed by atoms with E-state index in [1.54, 1.807) is 6.92 Å². The number of Topliss-reactive ketones (excluding diaryl/α,β-unsaturated/α-hetero) is 1. The Balaban J connectivity index is 2.56. The largest absolute Gasteiger partial charge is 0.462 e. The number of carbonyl (C=O) groups excluding carboxylic acids is 2. The fourth-order valence-electron chi connectivity index (χ4n) is 2.55. The van der Waals surface area contributed by atoms with Crippen molar-refractivity contribution < 1.29 is 32.4 Å². The lowest BCUT2D eigenvalue weighted by molar-refractivity contribution is -0.388. The third-order valence-electron chi connectivity index (χ3n) is 4.40. The summed E-state index contributed by atoms with van der Waals surface area (Å²) >= 11 is 0. The summed E-state index contributed by atoms with van der Waals surface area (Å²) in [6, 6.07) is -0.0201. The first kappa shape index (κ1) is 21.4. The smallest absolute Gasteiger partial charge is 0.343 e. The Morgan fingerprint density at radius 1 is 1.25 bits per heavy atom. The number of hydrogen-bond donors (Lipinski definition) is 1. The predicted molar refractivity (Wildman–Crippen MR) is 92.1 cm³/mol. The monoisotopic (exact) mass is 400 g/mol. The molecule has 28 heavy (non-hydrogen) atoms. The second kappa shape index (κ2) is 8.85. The van der Waals surface area contributed by atoms with Crippen LogP contribution in [0.4, 0.5) is 18.9 Å². The molecule has 1 aromatic carbocycles. The summed E-state index contributed by atoms with van der Waals surface area (Å²) in [4.78, 5) is 34.8. The van der Waals surface area contributed by atoms with Crippen molar-refractivity contribution in [3.05, 3.63) is 50.5 Å². The van der Waals surface area contributed by atoms with E-state index in [2.05, 4.69) is 5.32 Å². The van der Waals surface area contributed by atoms with Crippen molar-refractivity contribution >= 4 is 17.4 Å². The summed E-state index contributed by atoms with van der Waals surface area (Å²) in [5, 5.41) is 14.0. The molecular weight excluding hydrogens is 381 g/mol. The van der Waals surface area contributed by atoms with Crippen LogP contribution in [0.1, 0.15) is 48.5 Å². The van der Waals surface area contributed by atoms with Crippen LogP contribution >= 0.6 is 0 Å². The molecular formula is C18H19F3N2O5. The molecule has 0 bridgehead atoms. The zero-order valence-corrected chi connectivity index (χ0v) is 15.3. The first-order valence-corrected chi connectivity index (χ1v) is 8.70. The van der Waals surface area contributed by atoms with Crippen LogP contribution in [0.25, 0.3) is 0 Å². The molecule has 0 saturated heterocycles. The average Bonchev–Trinajstić information content (AvgIpc) is 2.61. The van der Waals surface area contributed by atoms with Crippen molar-refractivity contribution in [2.75, 3.05) is 6.61 Å². The van der Waals surface area contributed by atoms with E-state index in [1.165, 1.54) is 0 Å². The highest BCUT2D eigenvalue weighted by Crippen LogP contribution is 2.32. The first-order valence-electron chi connectivity index (χ1n) is 8.70. The highest BCUT2D eigenvalue weighted by molar-refractivity contribution is 6.25. The molecule has 0 atom stereocenters. The molecule has 10 heteroatoms. The van der Waals surface area contributed by atoms with Gasteiger partial charge in [-0.3, -0.25) is 14.9 Å². The van der Waals surface area contributed by atoms with E-state index in [4.69, 9.17) is 4.74 Å². The number of benzene rings is 1. The van der Waals surface area contributed by atoms with Crippen molar-refractivity contribution in [1.29, 1.82) is 0 Å². The summed E-state index contributed by atoms with van der Waals surface area (Å²) in [5.41, 5.74) is -4.62. The summed E-state index contributed by atoms with van der Waals surface area (Å²) in [7, 11) is 0. The van der Waals surface area contributed by atoms with E-state index in [1.807, 2.05) is 0 Å². The van der Waals surface area contributed by atoms with Crippen molar-refractivity contribution in [1.82, 2.24) is 5.32 Å². The number of hydrogen-bond acceptors (Lipinski definition) is 6. The van der Waals surface area contributed by atoms with Gasteiger partial charge in [-0.05, 0) is 32.6 Å². The molecule has 0 amide bonds. The summed E-state index contributed by atoms with van der Waals surface area (Å²) in [5.74, 6) is -7.95. The lowest BCUT2D eigenvalue weighted by atomic mass is 9.93. The second-order valence-corrected chi connectivity index (χ2v) is 6.37. The Kier molecular flexibility index (Phi) is 6.76. The Morgan fingerprint density at radius 3 is 2.39 bits per heavy atom. The van der Waals surface area contributed by atoms with Crippen molar-refractivity contribution in [3.8, 4) is 0 Å². The van der Waals surface area contributed by atoms with E-state index in [9.17, 15) is 32.9 Å². The zero-order chi connectivity index (χ0) is 21.0. The summed E-state index contributed by atoms with van der Waals surface area (Å²) in [6.45, 7) is 2.49. The van der Waals surface area contributed by atoms with Crippen LogP contribution in [0.2, 0.25) is 0 Å². The third-order valence-corrected chi connectivity index (χ3v) is 4.40. The molecule has 1 fully saturated rings. The van der Waals surface area contributed by atoms with Crippen LogP contribution in [0, 0.1) is 34.5 Å². The maximum atomic E-state index is 14.5. The van der Waals surface area contributed by atoms with Gasteiger partial charge in [-0.15, -0.1) is 0 Å². The number of nitrogens with one attached hydrogen (secondary N) is 1. The van der Waals surface area contributed by atoms with Gasteiger partial charge in [0.15, 0.2) is 5.82 Å². The topological polar surface area (TPSA) is 98.5 Å². The molecule has 0 spiro atoms. The van der Waals surface area contributed by atoms with Crippen molar-refractivity contribution in [2.45, 2.75) is 45.6 Å². The number of halogens is 3. The van der Waals surface area contributed by atoms with Crippen LogP contribution in [-0.2, 0) is 9.53 Å². The van der Waals surface area contributed by atoms with E-state index < -0.39 is 56.5 Å². The van der Waals surface area contributed by atoms with Gasteiger partial charge in [0.25, 0.3) is 0 Å². The minimum Gasteiger partial charge on any atom is -0.462 e. The highest BCUT2D eigenvalue weighted by atomic mass is 19.2. The minimum atomic E-state index is -1.97. The molecule has 0 unspecified atom stereocenters. The van der Waals surface area contributed by atoms with E-state index in [0.717, 1.165) is 32.4 Å². The molecule has 7 nitrogen and oxygen atoms in total. The van der Waals surface area contributed by atoms with Gasteiger partial charge < -0.3 is 10.1 Å². The van der Waals surface area contributed by atoms with Gasteiger partial charge >= 0.3 is 11.7 Å². The normalized spacial score (nSPS) is 14.4. The van der Waals surface area contributed by atoms with E-state index in [0.29, 0.717) is 6.42 Å². The van der Waals surface area contributed by atoms with Crippen LogP contribution in [0.5, 0.6) is 0 Å². The van der Waals surface area contributed by atoms with Crippen molar-refractivity contribution in [2.24, 2.45) is 0 Å². The van der Waals surface area contributed by atoms with Gasteiger partial charge in [-0.1, -0.05) is 6.92 Å². The van der Waals surface area contributed by atoms with Gasteiger partial charge in [0.05, 0.1) is 11.5 Å². The number of carbonyl (C=O) groups is 2. The number of nitro groups is 1. The van der Waals surface area contributed by atoms with Crippen LogP contribution < -0.4 is 5.32 Å². The maximum Gasteiger partial charge on any atom is 0.343 e. The molecule has 1 saturated carbocycles. The molecule has 0 aliphatic heterocycles. The molecule has 0 radical (unpaired) electrons. The molecule has 1 N–H and O–H groups in total. The average molecular weight is 400 g/mol. The number of ether oxygens (including phenoxy) is 1. The fraction of sp³-hybridized carbons (Fsp3) is 0.444. The molecule has 1 aromatic rings. The van der Waals surface area contributed by atoms with Crippen LogP contribution in [-0.4, -0.2) is 29.3 Å². The summed E-state index contributed by atoms with van der Waals surface area (Å²) < 4.78 is 47.2. The van der Waals surface area contributed by atoms with Gasteiger partial charge in [0, 0.05) is 17.8 Å². The predicted octanol–water partition coefficient (Wildman–Crippen LogP) is 3.48. The van der Waals surface area contributed by atoms with Crippen LogP contribution in [0.15, 0.2) is 11.8 Å². The minimum absolute atomic E-state index is 0.0201. The van der Waals surface area contributed by atoms with Gasteiger partial charge in [-0.2, -0.15) is 4.39 Å². The molecule has 1 aliphatic carbocycles. The Labute approximate surface area is 158 Å². The zero-order valence-electron chi connectivity index (χ0n) is 15.3. The highest BCUT2D eigenvalue weighted by Gasteiger charge is 2.37. The number of nitrogens with zero attached hydrogens (tertiary/aromatic N) is 1. The number of ketones is 1. The van der Waals surface area contributed by atoms with Gasteiger partial charge in [0.2, 0.25) is 11.6 Å². The quantitative estimate of drug-likeness (QED) is 0.105. The molecule has 152 valence electrons. The Hall–Kier alpha value is -2.91. The number of esters is 1. The van der Waals surface area contributed by atoms with Gasteiger partial charge in [-0.25, -0.2) is 13.6 Å². The maximum absolute atomic E-state index is 14.5. The standard InChI is InChI=1S/C18H19F3N2O5/c1-3-7-28-18(25)11(8-22-10-5-4-6-10)17(24)12-13(19)9(2)14(20)15(21)16(12)23(26)27/h8,10,22H,3-7H2,1-2H3/b11-8+. The molecule has 0 aromatic heterocycles. The van der Waals surface area contributed by atoms with E-state index in [-0.39, 0.29) is 12.6 Å². The lowest BCUT2D eigenvalue weighted by Crippen LogP contribution is -2.33. The Morgan fingerprint density at radius 2 is 1.89 bits per heavy atom. The van der Waals surface area contributed by atoms with E-state index >= 15 is 0 Å². The fourth-order valence-corrected chi connectivity index (χ4v) is 2.55. The molecule has 1 aliphatic rings. The van der Waals surface area contributed by atoms with Gasteiger partial charge in [0.1, 0.15) is 17.0 Å².